The smallest absolute Gasteiger partial charge is 0.248 e. The monoisotopic (exact) mass is 249 g/mol. The number of carbonyl (C=O) groups excluding carboxylic acids is 2. The molecule has 0 aliphatic rings. The van der Waals surface area contributed by atoms with Gasteiger partial charge in [-0.3, -0.25) is 9.59 Å². The molecule has 1 aromatic carbocycles. The summed E-state index contributed by atoms with van der Waals surface area (Å²) in [5, 5.41) is 2.73. The summed E-state index contributed by atoms with van der Waals surface area (Å²) in [7, 11) is 0. The maximum absolute atomic E-state index is 11.6. The Bertz CT molecular complexity index is 432. The van der Waals surface area contributed by atoms with Gasteiger partial charge in [-0.15, -0.1) is 0 Å². The van der Waals surface area contributed by atoms with Gasteiger partial charge in [-0.05, 0) is 24.1 Å². The molecule has 0 fully saturated rings. The first kappa shape index (κ1) is 14.2. The van der Waals surface area contributed by atoms with Crippen molar-refractivity contribution in [2.24, 2.45) is 11.5 Å². The van der Waals surface area contributed by atoms with Gasteiger partial charge in [-0.2, -0.15) is 0 Å². The van der Waals surface area contributed by atoms with E-state index in [1.54, 1.807) is 18.2 Å². The van der Waals surface area contributed by atoms with Crippen LogP contribution in [-0.4, -0.2) is 17.9 Å². The molecular formula is C13H19N3O2. The van der Waals surface area contributed by atoms with Crippen molar-refractivity contribution in [1.82, 2.24) is 5.32 Å². The van der Waals surface area contributed by atoms with Gasteiger partial charge in [0.1, 0.15) is 0 Å². The van der Waals surface area contributed by atoms with Crippen molar-refractivity contribution >= 4 is 11.8 Å². The standard InChI is InChI=1S/C13H19N3O2/c1-2-4-11(14)13(18)16-8-9-5-3-6-10(7-9)12(15)17/h3,5-7,11H,2,4,8,14H2,1H3,(H2,15,17)(H,16,18). The summed E-state index contributed by atoms with van der Waals surface area (Å²) in [6.45, 7) is 2.32. The van der Waals surface area contributed by atoms with Gasteiger partial charge in [-0.25, -0.2) is 0 Å². The summed E-state index contributed by atoms with van der Waals surface area (Å²) in [5.74, 6) is -0.660. The number of carbonyl (C=O) groups is 2. The number of amides is 2. The second kappa shape index (κ2) is 6.76. The van der Waals surface area contributed by atoms with Crippen LogP contribution in [0.1, 0.15) is 35.7 Å². The Morgan fingerprint density at radius 1 is 1.39 bits per heavy atom. The highest BCUT2D eigenvalue weighted by atomic mass is 16.2. The second-order valence-electron chi connectivity index (χ2n) is 4.18. The first-order valence-corrected chi connectivity index (χ1v) is 5.96. The van der Waals surface area contributed by atoms with Crippen LogP contribution in [-0.2, 0) is 11.3 Å². The van der Waals surface area contributed by atoms with E-state index in [9.17, 15) is 9.59 Å². The van der Waals surface area contributed by atoms with Crippen molar-refractivity contribution in [1.29, 1.82) is 0 Å². The Balaban J connectivity index is 2.55. The average molecular weight is 249 g/mol. The molecule has 0 bridgehead atoms. The molecule has 5 N–H and O–H groups in total. The third-order valence-electron chi connectivity index (χ3n) is 2.61. The first-order chi connectivity index (χ1) is 8.54. The third-order valence-corrected chi connectivity index (χ3v) is 2.61. The Morgan fingerprint density at radius 2 is 2.11 bits per heavy atom. The summed E-state index contributed by atoms with van der Waals surface area (Å²) in [4.78, 5) is 22.6. The van der Waals surface area contributed by atoms with Crippen LogP contribution in [0, 0.1) is 0 Å². The molecule has 0 radical (unpaired) electrons. The van der Waals surface area contributed by atoms with E-state index in [2.05, 4.69) is 5.32 Å². The molecule has 1 atom stereocenters. The molecule has 5 nitrogen and oxygen atoms in total. The van der Waals surface area contributed by atoms with Gasteiger partial charge >= 0.3 is 0 Å². The number of benzene rings is 1. The molecule has 1 rings (SSSR count). The van der Waals surface area contributed by atoms with Crippen molar-refractivity contribution in [3.05, 3.63) is 35.4 Å². The molecule has 18 heavy (non-hydrogen) atoms. The van der Waals surface area contributed by atoms with E-state index >= 15 is 0 Å². The van der Waals surface area contributed by atoms with Crippen LogP contribution in [0.4, 0.5) is 0 Å². The zero-order valence-corrected chi connectivity index (χ0v) is 10.5. The van der Waals surface area contributed by atoms with Gasteiger partial charge in [0.05, 0.1) is 6.04 Å². The highest BCUT2D eigenvalue weighted by Gasteiger charge is 2.11. The molecule has 0 aliphatic heterocycles. The van der Waals surface area contributed by atoms with E-state index in [1.165, 1.54) is 0 Å². The van der Waals surface area contributed by atoms with Crippen molar-refractivity contribution in [3.8, 4) is 0 Å². The molecule has 0 saturated heterocycles. The lowest BCUT2D eigenvalue weighted by atomic mass is 10.1. The summed E-state index contributed by atoms with van der Waals surface area (Å²) >= 11 is 0. The highest BCUT2D eigenvalue weighted by molar-refractivity contribution is 5.92. The topological polar surface area (TPSA) is 98.2 Å². The molecule has 98 valence electrons. The van der Waals surface area contributed by atoms with Crippen molar-refractivity contribution in [2.45, 2.75) is 32.4 Å². The fourth-order valence-electron chi connectivity index (χ4n) is 1.60. The summed E-state index contributed by atoms with van der Waals surface area (Å²) in [5.41, 5.74) is 12.1. The number of hydrogen-bond acceptors (Lipinski definition) is 3. The van der Waals surface area contributed by atoms with E-state index in [-0.39, 0.29) is 5.91 Å². The SMILES string of the molecule is CCCC(N)C(=O)NCc1cccc(C(N)=O)c1. The average Bonchev–Trinajstić information content (AvgIpc) is 2.36. The maximum atomic E-state index is 11.6. The van der Waals surface area contributed by atoms with Gasteiger partial charge in [-0.1, -0.05) is 25.5 Å². The van der Waals surface area contributed by atoms with Crippen LogP contribution in [0.3, 0.4) is 0 Å². The van der Waals surface area contributed by atoms with E-state index in [4.69, 9.17) is 11.5 Å². The predicted octanol–water partition coefficient (Wildman–Crippen LogP) is 0.529. The van der Waals surface area contributed by atoms with E-state index < -0.39 is 11.9 Å². The van der Waals surface area contributed by atoms with Gasteiger partial charge < -0.3 is 16.8 Å². The minimum absolute atomic E-state index is 0.179. The number of primary amides is 1. The minimum Gasteiger partial charge on any atom is -0.366 e. The number of nitrogens with two attached hydrogens (primary N) is 2. The van der Waals surface area contributed by atoms with Crippen LogP contribution < -0.4 is 16.8 Å². The number of nitrogens with one attached hydrogen (secondary N) is 1. The summed E-state index contributed by atoms with van der Waals surface area (Å²) < 4.78 is 0. The Kier molecular flexibility index (Phi) is 5.32. The van der Waals surface area contributed by atoms with Crippen molar-refractivity contribution in [2.75, 3.05) is 0 Å². The van der Waals surface area contributed by atoms with Gasteiger partial charge in [0, 0.05) is 12.1 Å². The Hall–Kier alpha value is -1.88. The number of hydrogen-bond donors (Lipinski definition) is 3. The van der Waals surface area contributed by atoms with Gasteiger partial charge in [0.25, 0.3) is 0 Å². The normalized spacial score (nSPS) is 11.9. The largest absolute Gasteiger partial charge is 0.366 e. The fourth-order valence-corrected chi connectivity index (χ4v) is 1.60. The van der Waals surface area contributed by atoms with E-state index in [0.29, 0.717) is 18.5 Å². The molecule has 1 aromatic rings. The van der Waals surface area contributed by atoms with Gasteiger partial charge in [0.15, 0.2) is 0 Å². The molecule has 0 saturated carbocycles. The quantitative estimate of drug-likeness (QED) is 0.685. The summed E-state index contributed by atoms with van der Waals surface area (Å²) in [6.07, 6.45) is 1.53. The van der Waals surface area contributed by atoms with Crippen LogP contribution >= 0.6 is 0 Å². The van der Waals surface area contributed by atoms with Gasteiger partial charge in [0.2, 0.25) is 11.8 Å². The Labute approximate surface area is 107 Å². The molecule has 0 spiro atoms. The second-order valence-corrected chi connectivity index (χ2v) is 4.18. The van der Waals surface area contributed by atoms with Crippen LogP contribution in [0.25, 0.3) is 0 Å². The van der Waals surface area contributed by atoms with Crippen molar-refractivity contribution in [3.63, 3.8) is 0 Å². The first-order valence-electron chi connectivity index (χ1n) is 5.96. The molecule has 0 heterocycles. The zero-order chi connectivity index (χ0) is 13.5. The molecule has 1 unspecified atom stereocenters. The lowest BCUT2D eigenvalue weighted by molar-refractivity contribution is -0.122. The van der Waals surface area contributed by atoms with Crippen molar-refractivity contribution < 1.29 is 9.59 Å². The molecule has 0 aromatic heterocycles. The van der Waals surface area contributed by atoms with Crippen LogP contribution in [0.15, 0.2) is 24.3 Å². The van der Waals surface area contributed by atoms with Crippen LogP contribution in [0.2, 0.25) is 0 Å². The summed E-state index contributed by atoms with van der Waals surface area (Å²) in [6, 6.07) is 6.37. The van der Waals surface area contributed by atoms with E-state index in [1.807, 2.05) is 13.0 Å². The predicted molar refractivity (Wildman–Crippen MR) is 69.7 cm³/mol. The Morgan fingerprint density at radius 3 is 2.72 bits per heavy atom. The zero-order valence-electron chi connectivity index (χ0n) is 10.5. The van der Waals surface area contributed by atoms with E-state index in [0.717, 1.165) is 12.0 Å². The molecule has 0 aliphatic carbocycles. The molecule has 5 heteroatoms. The lowest BCUT2D eigenvalue weighted by Gasteiger charge is -2.11. The molecular weight excluding hydrogens is 230 g/mol. The lowest BCUT2D eigenvalue weighted by Crippen LogP contribution is -2.40. The van der Waals surface area contributed by atoms with Crippen LogP contribution in [0.5, 0.6) is 0 Å². The highest BCUT2D eigenvalue weighted by Crippen LogP contribution is 2.04. The molecule has 2 amide bonds. The minimum atomic E-state index is -0.481. The number of rotatable bonds is 6. The maximum Gasteiger partial charge on any atom is 0.248 e. The fraction of sp³-hybridized carbons (Fsp3) is 0.385. The third kappa shape index (κ3) is 4.18.